The summed E-state index contributed by atoms with van der Waals surface area (Å²) in [6.07, 6.45) is 2.91. The van der Waals surface area contributed by atoms with Crippen LogP contribution in [0.25, 0.3) is 0 Å². The van der Waals surface area contributed by atoms with Gasteiger partial charge in [-0.2, -0.15) is 0 Å². The number of nitrogen functional groups attached to an aromatic ring is 1. The number of anilines is 1. The average molecular weight is 261 g/mol. The Labute approximate surface area is 108 Å². The van der Waals surface area contributed by atoms with Gasteiger partial charge in [-0.25, -0.2) is 10.8 Å². The first-order chi connectivity index (χ1) is 9.20. The van der Waals surface area contributed by atoms with Crippen LogP contribution in [0.15, 0.2) is 36.7 Å². The van der Waals surface area contributed by atoms with Crippen molar-refractivity contribution in [1.82, 2.24) is 9.97 Å². The predicted molar refractivity (Wildman–Crippen MR) is 67.3 cm³/mol. The van der Waals surface area contributed by atoms with Crippen molar-refractivity contribution >= 4 is 11.6 Å². The SMILES string of the molecule is NNc1ccc(COc2cccnc2[N+](=O)[O-])cn1. The van der Waals surface area contributed by atoms with Gasteiger partial charge in [-0.15, -0.1) is 0 Å². The van der Waals surface area contributed by atoms with Crippen LogP contribution in [0.4, 0.5) is 11.6 Å². The number of hydrogen-bond donors (Lipinski definition) is 2. The topological polar surface area (TPSA) is 116 Å². The first-order valence-electron chi connectivity index (χ1n) is 5.34. The molecule has 0 aliphatic heterocycles. The molecule has 19 heavy (non-hydrogen) atoms. The van der Waals surface area contributed by atoms with Gasteiger partial charge in [-0.1, -0.05) is 6.07 Å². The number of hydrazine groups is 1. The summed E-state index contributed by atoms with van der Waals surface area (Å²) in [5.74, 6) is 5.52. The number of nitro groups is 1. The van der Waals surface area contributed by atoms with Crippen molar-refractivity contribution in [1.29, 1.82) is 0 Å². The number of aromatic nitrogens is 2. The molecule has 3 N–H and O–H groups in total. The molecule has 98 valence electrons. The van der Waals surface area contributed by atoms with E-state index in [0.29, 0.717) is 5.82 Å². The number of nitrogens with one attached hydrogen (secondary N) is 1. The summed E-state index contributed by atoms with van der Waals surface area (Å²) in [6.45, 7) is 0.157. The fourth-order valence-corrected chi connectivity index (χ4v) is 1.39. The predicted octanol–water partition coefficient (Wildman–Crippen LogP) is 1.25. The highest BCUT2D eigenvalue weighted by molar-refractivity contribution is 5.39. The van der Waals surface area contributed by atoms with Crippen molar-refractivity contribution < 1.29 is 9.66 Å². The zero-order chi connectivity index (χ0) is 13.7. The highest BCUT2D eigenvalue weighted by Gasteiger charge is 2.15. The van der Waals surface area contributed by atoms with Crippen LogP contribution >= 0.6 is 0 Å². The van der Waals surface area contributed by atoms with E-state index in [1.54, 1.807) is 24.4 Å². The van der Waals surface area contributed by atoms with Gasteiger partial charge in [-0.05, 0) is 28.1 Å². The Morgan fingerprint density at radius 3 is 2.84 bits per heavy atom. The minimum atomic E-state index is -0.588. The molecule has 0 saturated heterocycles. The molecule has 8 heteroatoms. The van der Waals surface area contributed by atoms with Crippen LogP contribution in [-0.4, -0.2) is 14.9 Å². The Kier molecular flexibility index (Phi) is 3.84. The monoisotopic (exact) mass is 261 g/mol. The Morgan fingerprint density at radius 2 is 2.21 bits per heavy atom. The second kappa shape index (κ2) is 5.74. The molecule has 0 amide bonds. The summed E-state index contributed by atoms with van der Waals surface area (Å²) in [5.41, 5.74) is 3.16. The van der Waals surface area contributed by atoms with Crippen molar-refractivity contribution in [3.63, 3.8) is 0 Å². The van der Waals surface area contributed by atoms with Crippen molar-refractivity contribution in [2.45, 2.75) is 6.61 Å². The molecule has 0 radical (unpaired) electrons. The molecule has 0 aromatic carbocycles. The van der Waals surface area contributed by atoms with Crippen LogP contribution in [0.5, 0.6) is 5.75 Å². The van der Waals surface area contributed by atoms with Crippen LogP contribution in [0.1, 0.15) is 5.56 Å². The van der Waals surface area contributed by atoms with Gasteiger partial charge in [0.1, 0.15) is 18.6 Å². The largest absolute Gasteiger partial charge is 0.481 e. The fourth-order valence-electron chi connectivity index (χ4n) is 1.39. The van der Waals surface area contributed by atoms with E-state index in [1.165, 1.54) is 12.3 Å². The third-order valence-corrected chi connectivity index (χ3v) is 2.29. The van der Waals surface area contributed by atoms with Crippen LogP contribution in [0.2, 0.25) is 0 Å². The molecular weight excluding hydrogens is 250 g/mol. The standard InChI is InChI=1S/C11H11N5O3/c12-15-10-4-3-8(6-14-10)7-19-9-2-1-5-13-11(9)16(17)18/h1-6H,7,12H2,(H,14,15). The van der Waals surface area contributed by atoms with Gasteiger partial charge in [-0.3, -0.25) is 0 Å². The minimum Gasteiger partial charge on any atom is -0.481 e. The summed E-state index contributed by atoms with van der Waals surface area (Å²) >= 11 is 0. The number of nitrogens with zero attached hydrogens (tertiary/aromatic N) is 3. The average Bonchev–Trinajstić information content (AvgIpc) is 2.46. The zero-order valence-electron chi connectivity index (χ0n) is 9.81. The lowest BCUT2D eigenvalue weighted by Crippen LogP contribution is -2.08. The van der Waals surface area contributed by atoms with Crippen molar-refractivity contribution in [3.05, 3.63) is 52.3 Å². The molecule has 0 unspecified atom stereocenters. The van der Waals surface area contributed by atoms with Gasteiger partial charge in [0.2, 0.25) is 5.75 Å². The number of nitrogens with two attached hydrogens (primary N) is 1. The van der Waals surface area contributed by atoms with Crippen molar-refractivity contribution in [3.8, 4) is 5.75 Å². The quantitative estimate of drug-likeness (QED) is 0.472. The second-order valence-corrected chi connectivity index (χ2v) is 3.57. The van der Waals surface area contributed by atoms with E-state index in [4.69, 9.17) is 10.6 Å². The summed E-state index contributed by atoms with van der Waals surface area (Å²) in [7, 11) is 0. The lowest BCUT2D eigenvalue weighted by Gasteiger charge is -2.06. The molecule has 0 atom stereocenters. The van der Waals surface area contributed by atoms with Crippen molar-refractivity contribution in [2.75, 3.05) is 5.43 Å². The van der Waals surface area contributed by atoms with E-state index in [9.17, 15) is 10.1 Å². The van der Waals surface area contributed by atoms with E-state index >= 15 is 0 Å². The lowest BCUT2D eigenvalue weighted by molar-refractivity contribution is -0.390. The molecule has 0 aliphatic rings. The first-order valence-corrected chi connectivity index (χ1v) is 5.34. The second-order valence-electron chi connectivity index (χ2n) is 3.57. The number of hydrogen-bond acceptors (Lipinski definition) is 7. The molecular formula is C11H11N5O3. The molecule has 2 rings (SSSR count). The molecule has 2 aromatic heterocycles. The Hall–Kier alpha value is -2.74. The molecule has 8 nitrogen and oxygen atoms in total. The van der Waals surface area contributed by atoms with E-state index < -0.39 is 4.92 Å². The van der Waals surface area contributed by atoms with Crippen LogP contribution in [-0.2, 0) is 6.61 Å². The maximum atomic E-state index is 10.7. The number of rotatable bonds is 5. The Morgan fingerprint density at radius 1 is 1.37 bits per heavy atom. The van der Waals surface area contributed by atoms with Gasteiger partial charge >= 0.3 is 5.82 Å². The first kappa shape index (κ1) is 12.7. The van der Waals surface area contributed by atoms with Crippen LogP contribution in [0, 0.1) is 10.1 Å². The zero-order valence-corrected chi connectivity index (χ0v) is 9.81. The normalized spacial score (nSPS) is 9.95. The molecule has 0 saturated carbocycles. The van der Waals surface area contributed by atoms with Crippen LogP contribution in [0.3, 0.4) is 0 Å². The maximum absolute atomic E-state index is 10.7. The van der Waals surface area contributed by atoms with E-state index in [-0.39, 0.29) is 18.2 Å². The molecule has 0 aliphatic carbocycles. The van der Waals surface area contributed by atoms with Gasteiger partial charge in [0.25, 0.3) is 0 Å². The molecule has 0 fully saturated rings. The smallest absolute Gasteiger partial charge is 0.406 e. The third-order valence-electron chi connectivity index (χ3n) is 2.29. The fraction of sp³-hybridized carbons (Fsp3) is 0.0909. The Bertz CT molecular complexity index is 573. The molecule has 2 heterocycles. The Balaban J connectivity index is 2.07. The van der Waals surface area contributed by atoms with Gasteiger partial charge in [0.05, 0.1) is 0 Å². The van der Waals surface area contributed by atoms with Gasteiger partial charge in [0, 0.05) is 11.8 Å². The van der Waals surface area contributed by atoms with E-state index in [0.717, 1.165) is 5.56 Å². The third kappa shape index (κ3) is 3.13. The number of pyridine rings is 2. The van der Waals surface area contributed by atoms with Crippen molar-refractivity contribution in [2.24, 2.45) is 5.84 Å². The summed E-state index contributed by atoms with van der Waals surface area (Å²) < 4.78 is 5.36. The summed E-state index contributed by atoms with van der Waals surface area (Å²) in [5, 5.41) is 10.7. The summed E-state index contributed by atoms with van der Waals surface area (Å²) in [6, 6.07) is 6.50. The highest BCUT2D eigenvalue weighted by atomic mass is 16.6. The van der Waals surface area contributed by atoms with Crippen LogP contribution < -0.4 is 16.0 Å². The number of ether oxygens (including phenoxy) is 1. The molecule has 0 bridgehead atoms. The highest BCUT2D eigenvalue weighted by Crippen LogP contribution is 2.23. The summed E-state index contributed by atoms with van der Waals surface area (Å²) in [4.78, 5) is 17.8. The van der Waals surface area contributed by atoms with Gasteiger partial charge < -0.3 is 20.3 Å². The molecule has 0 spiro atoms. The van der Waals surface area contributed by atoms with Gasteiger partial charge in [0.15, 0.2) is 0 Å². The minimum absolute atomic E-state index is 0.119. The van der Waals surface area contributed by atoms with E-state index in [1.807, 2.05) is 0 Å². The maximum Gasteiger partial charge on any atom is 0.406 e. The lowest BCUT2D eigenvalue weighted by atomic mass is 10.3. The van der Waals surface area contributed by atoms with E-state index in [2.05, 4.69) is 15.4 Å². The molecule has 2 aromatic rings.